The maximum absolute atomic E-state index is 12.8. The van der Waals surface area contributed by atoms with Crippen LogP contribution in [0, 0.1) is 5.92 Å². The molecule has 0 saturated carbocycles. The van der Waals surface area contributed by atoms with Gasteiger partial charge in [0.05, 0.1) is 12.7 Å². The van der Waals surface area contributed by atoms with Gasteiger partial charge in [-0.05, 0) is 53.6 Å². The topological polar surface area (TPSA) is 91.1 Å². The minimum Gasteiger partial charge on any atom is -0.496 e. The standard InChI is InChI=1S/C22H34BrN5O3/c1-26(2)22(30)28-10-4-15(5-11-28)14-27-8-6-16(7-9-27)25-21(29)17-12-18(23)19(24)13-20(17)31-3/h12-13,15-16H,4-11,14,24H2,1-3H3,(H,25,29). The average Bonchev–Trinajstić information content (AvgIpc) is 2.76. The number of carbonyl (C=O) groups excluding carboxylic acids is 2. The highest BCUT2D eigenvalue weighted by atomic mass is 79.9. The fourth-order valence-electron chi connectivity index (χ4n) is 4.39. The van der Waals surface area contributed by atoms with E-state index in [2.05, 4.69) is 26.1 Å². The van der Waals surface area contributed by atoms with Gasteiger partial charge in [-0.15, -0.1) is 0 Å². The summed E-state index contributed by atoms with van der Waals surface area (Å²) in [6.07, 6.45) is 3.98. The molecule has 9 heteroatoms. The van der Waals surface area contributed by atoms with Gasteiger partial charge < -0.3 is 30.5 Å². The van der Waals surface area contributed by atoms with Crippen molar-refractivity contribution in [1.29, 1.82) is 0 Å². The summed E-state index contributed by atoms with van der Waals surface area (Å²) < 4.78 is 6.02. The Morgan fingerprint density at radius 3 is 2.39 bits per heavy atom. The van der Waals surface area contributed by atoms with E-state index in [4.69, 9.17) is 10.5 Å². The second-order valence-electron chi connectivity index (χ2n) is 8.73. The van der Waals surface area contributed by atoms with Gasteiger partial charge in [0, 0.05) is 69.1 Å². The molecule has 2 fully saturated rings. The van der Waals surface area contributed by atoms with Crippen molar-refractivity contribution in [3.63, 3.8) is 0 Å². The molecule has 0 unspecified atom stereocenters. The predicted molar refractivity (Wildman–Crippen MR) is 125 cm³/mol. The van der Waals surface area contributed by atoms with Crippen molar-refractivity contribution in [3.8, 4) is 5.75 Å². The van der Waals surface area contributed by atoms with Crippen LogP contribution in [0.5, 0.6) is 5.75 Å². The number of benzene rings is 1. The Hall–Kier alpha value is -2.00. The second kappa shape index (κ2) is 10.5. The molecule has 3 N–H and O–H groups in total. The van der Waals surface area contributed by atoms with Gasteiger partial charge in [0.2, 0.25) is 0 Å². The number of urea groups is 1. The van der Waals surface area contributed by atoms with Crippen LogP contribution in [0.1, 0.15) is 36.0 Å². The molecule has 2 saturated heterocycles. The number of carbonyl (C=O) groups is 2. The molecule has 0 radical (unpaired) electrons. The summed E-state index contributed by atoms with van der Waals surface area (Å²) in [4.78, 5) is 31.0. The first-order valence-corrected chi connectivity index (χ1v) is 11.7. The lowest BCUT2D eigenvalue weighted by Crippen LogP contribution is -2.48. The highest BCUT2D eigenvalue weighted by Gasteiger charge is 2.28. The summed E-state index contributed by atoms with van der Waals surface area (Å²) >= 11 is 3.39. The van der Waals surface area contributed by atoms with Gasteiger partial charge in [-0.25, -0.2) is 4.79 Å². The third-order valence-corrected chi connectivity index (χ3v) is 6.96. The second-order valence-corrected chi connectivity index (χ2v) is 9.58. The predicted octanol–water partition coefficient (Wildman–Crippen LogP) is 2.63. The number of nitrogen functional groups attached to an aromatic ring is 1. The van der Waals surface area contributed by atoms with E-state index in [0.717, 1.165) is 58.4 Å². The van der Waals surface area contributed by atoms with Crippen molar-refractivity contribution < 1.29 is 14.3 Å². The van der Waals surface area contributed by atoms with Crippen LogP contribution in [0.25, 0.3) is 0 Å². The van der Waals surface area contributed by atoms with E-state index in [1.54, 1.807) is 38.2 Å². The third-order valence-electron chi connectivity index (χ3n) is 6.27. The Labute approximate surface area is 193 Å². The summed E-state index contributed by atoms with van der Waals surface area (Å²) in [7, 11) is 5.15. The minimum atomic E-state index is -0.131. The molecule has 0 aromatic heterocycles. The van der Waals surface area contributed by atoms with E-state index < -0.39 is 0 Å². The number of hydrogen-bond donors (Lipinski definition) is 2. The summed E-state index contributed by atoms with van der Waals surface area (Å²) in [5.74, 6) is 0.984. The Bertz CT molecular complexity index is 788. The summed E-state index contributed by atoms with van der Waals surface area (Å²) in [5.41, 5.74) is 6.92. The molecule has 2 aliphatic heterocycles. The number of ether oxygens (including phenoxy) is 1. The lowest BCUT2D eigenvalue weighted by atomic mass is 9.94. The number of anilines is 1. The van der Waals surface area contributed by atoms with Crippen LogP contribution in [0.15, 0.2) is 16.6 Å². The first-order valence-electron chi connectivity index (χ1n) is 10.9. The normalized spacial score (nSPS) is 18.6. The van der Waals surface area contributed by atoms with Gasteiger partial charge in [0.1, 0.15) is 5.75 Å². The van der Waals surface area contributed by atoms with Crippen molar-refractivity contribution in [1.82, 2.24) is 20.0 Å². The number of rotatable bonds is 5. The zero-order chi connectivity index (χ0) is 22.5. The Morgan fingerprint density at radius 1 is 1.16 bits per heavy atom. The highest BCUT2D eigenvalue weighted by Crippen LogP contribution is 2.29. The molecule has 31 heavy (non-hydrogen) atoms. The Balaban J connectivity index is 1.44. The zero-order valence-corrected chi connectivity index (χ0v) is 20.3. The number of nitrogens with two attached hydrogens (primary N) is 1. The zero-order valence-electron chi connectivity index (χ0n) is 18.7. The minimum absolute atomic E-state index is 0.111. The molecule has 0 aliphatic carbocycles. The molecular formula is C22H34BrN5O3. The van der Waals surface area contributed by atoms with E-state index in [1.807, 2.05) is 4.90 Å². The Morgan fingerprint density at radius 2 is 1.81 bits per heavy atom. The highest BCUT2D eigenvalue weighted by molar-refractivity contribution is 9.10. The molecule has 0 atom stereocenters. The number of nitrogens with one attached hydrogen (secondary N) is 1. The molecule has 2 heterocycles. The van der Waals surface area contributed by atoms with Gasteiger partial charge in [-0.2, -0.15) is 0 Å². The van der Waals surface area contributed by atoms with E-state index >= 15 is 0 Å². The molecule has 1 aromatic carbocycles. The van der Waals surface area contributed by atoms with Crippen molar-refractivity contribution in [2.45, 2.75) is 31.7 Å². The first-order chi connectivity index (χ1) is 14.8. The molecule has 2 aliphatic rings. The molecule has 172 valence electrons. The van der Waals surface area contributed by atoms with E-state index in [0.29, 0.717) is 27.4 Å². The molecule has 8 nitrogen and oxygen atoms in total. The summed E-state index contributed by atoms with van der Waals surface area (Å²) in [6.45, 7) is 4.71. The lowest BCUT2D eigenvalue weighted by Gasteiger charge is -2.38. The number of hydrogen-bond acceptors (Lipinski definition) is 5. The smallest absolute Gasteiger partial charge is 0.319 e. The lowest BCUT2D eigenvalue weighted by molar-refractivity contribution is 0.0888. The quantitative estimate of drug-likeness (QED) is 0.612. The number of nitrogens with zero attached hydrogens (tertiary/aromatic N) is 3. The summed E-state index contributed by atoms with van der Waals surface area (Å²) in [6, 6.07) is 3.65. The number of piperidine rings is 2. The van der Waals surface area contributed by atoms with Gasteiger partial charge in [-0.3, -0.25) is 4.79 Å². The van der Waals surface area contributed by atoms with Crippen LogP contribution >= 0.6 is 15.9 Å². The fraction of sp³-hybridized carbons (Fsp3) is 0.636. The monoisotopic (exact) mass is 495 g/mol. The van der Waals surface area contributed by atoms with Crippen LogP contribution < -0.4 is 15.8 Å². The molecule has 1 aromatic rings. The fourth-order valence-corrected chi connectivity index (χ4v) is 4.74. The van der Waals surface area contributed by atoms with Gasteiger partial charge in [0.25, 0.3) is 5.91 Å². The van der Waals surface area contributed by atoms with E-state index in [-0.39, 0.29) is 18.0 Å². The van der Waals surface area contributed by atoms with Gasteiger partial charge >= 0.3 is 6.03 Å². The Kier molecular flexibility index (Phi) is 8.05. The van der Waals surface area contributed by atoms with Crippen molar-refractivity contribution in [3.05, 3.63) is 22.2 Å². The number of likely N-dealkylation sites (tertiary alicyclic amines) is 2. The number of amides is 3. The number of methoxy groups -OCH3 is 1. The molecule has 3 amide bonds. The van der Waals surface area contributed by atoms with Crippen molar-refractivity contribution >= 4 is 33.6 Å². The third kappa shape index (κ3) is 6.04. The molecular weight excluding hydrogens is 462 g/mol. The SMILES string of the molecule is COc1cc(N)c(Br)cc1C(=O)NC1CCN(CC2CCN(C(=O)N(C)C)CC2)CC1. The van der Waals surface area contributed by atoms with Crippen molar-refractivity contribution in [2.24, 2.45) is 5.92 Å². The average molecular weight is 496 g/mol. The van der Waals surface area contributed by atoms with Crippen LogP contribution in [0.3, 0.4) is 0 Å². The molecule has 0 spiro atoms. The van der Waals surface area contributed by atoms with Crippen LogP contribution in [-0.4, -0.2) is 86.6 Å². The van der Waals surface area contributed by atoms with Gasteiger partial charge in [0.15, 0.2) is 0 Å². The van der Waals surface area contributed by atoms with Gasteiger partial charge in [-0.1, -0.05) is 0 Å². The maximum Gasteiger partial charge on any atom is 0.319 e. The van der Waals surface area contributed by atoms with Crippen LogP contribution in [0.2, 0.25) is 0 Å². The van der Waals surface area contributed by atoms with Crippen LogP contribution in [0.4, 0.5) is 10.5 Å². The molecule has 0 bridgehead atoms. The maximum atomic E-state index is 12.8. The molecule has 3 rings (SSSR count). The first kappa shape index (κ1) is 23.7. The summed E-state index contributed by atoms with van der Waals surface area (Å²) in [5, 5.41) is 3.15. The largest absolute Gasteiger partial charge is 0.496 e. The van der Waals surface area contributed by atoms with E-state index in [9.17, 15) is 9.59 Å². The van der Waals surface area contributed by atoms with Crippen LogP contribution in [-0.2, 0) is 0 Å². The van der Waals surface area contributed by atoms with E-state index in [1.165, 1.54) is 0 Å². The number of halogens is 1. The van der Waals surface area contributed by atoms with Crippen molar-refractivity contribution in [2.75, 3.05) is 59.7 Å².